The van der Waals surface area contributed by atoms with Crippen LogP contribution in [0.2, 0.25) is 0 Å². The summed E-state index contributed by atoms with van der Waals surface area (Å²) in [5.74, 6) is 0.527. The second-order valence-electron chi connectivity index (χ2n) is 3.60. The second-order valence-corrected chi connectivity index (χ2v) is 3.60. The first-order valence-electron chi connectivity index (χ1n) is 5.38. The molecule has 0 unspecified atom stereocenters. The fourth-order valence-electron chi connectivity index (χ4n) is 1.58. The van der Waals surface area contributed by atoms with E-state index in [1.165, 1.54) is 0 Å². The Morgan fingerprint density at radius 3 is 2.82 bits per heavy atom. The summed E-state index contributed by atoms with van der Waals surface area (Å²) >= 11 is 0. The van der Waals surface area contributed by atoms with Gasteiger partial charge in [-0.25, -0.2) is 4.98 Å². The average Bonchev–Trinajstić information content (AvgIpc) is 2.86. The molecule has 1 amide bonds. The van der Waals surface area contributed by atoms with Crippen molar-refractivity contribution in [3.8, 4) is 0 Å². The highest BCUT2D eigenvalue weighted by molar-refractivity contribution is 6.05. The summed E-state index contributed by atoms with van der Waals surface area (Å²) in [4.78, 5) is 20.8. The smallest absolute Gasteiger partial charge is 0.260 e. The molecule has 0 radical (unpaired) electrons. The first-order valence-corrected chi connectivity index (χ1v) is 5.38. The third kappa shape index (κ3) is 2.28. The van der Waals surface area contributed by atoms with Gasteiger partial charge < -0.3 is 10.7 Å². The van der Waals surface area contributed by atoms with Crippen molar-refractivity contribution in [3.63, 3.8) is 0 Å². The van der Waals surface area contributed by atoms with Crippen molar-refractivity contribution in [1.82, 2.24) is 9.97 Å². The fourth-order valence-corrected chi connectivity index (χ4v) is 1.58. The van der Waals surface area contributed by atoms with Crippen molar-refractivity contribution >= 4 is 17.4 Å². The zero-order valence-corrected chi connectivity index (χ0v) is 9.55. The summed E-state index contributed by atoms with van der Waals surface area (Å²) in [7, 11) is 0. The Bertz CT molecular complexity index is 490. The lowest BCUT2D eigenvalue weighted by molar-refractivity contribution is 0.0987. The molecule has 0 aliphatic carbocycles. The van der Waals surface area contributed by atoms with Crippen LogP contribution >= 0.6 is 0 Å². The lowest BCUT2D eigenvalue weighted by atomic mass is 10.3. The average molecular weight is 230 g/mol. The van der Waals surface area contributed by atoms with Gasteiger partial charge >= 0.3 is 0 Å². The zero-order chi connectivity index (χ0) is 12.3. The van der Waals surface area contributed by atoms with Crippen molar-refractivity contribution < 1.29 is 4.79 Å². The van der Waals surface area contributed by atoms with Gasteiger partial charge in [0.2, 0.25) is 0 Å². The van der Waals surface area contributed by atoms with Crippen LogP contribution in [0.4, 0.5) is 11.5 Å². The number of carbonyl (C=O) groups is 1. The minimum Gasteiger partial charge on any atom is -0.397 e. The van der Waals surface area contributed by atoms with Gasteiger partial charge in [0.05, 0.1) is 17.4 Å². The number of nitrogens with one attached hydrogen (secondary N) is 1. The molecule has 0 atom stereocenters. The van der Waals surface area contributed by atoms with E-state index in [0.29, 0.717) is 23.6 Å². The molecule has 0 aliphatic heterocycles. The number of carbonyl (C=O) groups excluding carboxylic acids is 1. The molecular formula is C12H14N4O. The zero-order valence-electron chi connectivity index (χ0n) is 9.55. The van der Waals surface area contributed by atoms with Crippen molar-refractivity contribution in [2.24, 2.45) is 0 Å². The molecule has 0 aliphatic rings. The summed E-state index contributed by atoms with van der Waals surface area (Å²) in [6, 6.07) is 5.21. The van der Waals surface area contributed by atoms with Crippen LogP contribution in [0.1, 0.15) is 17.3 Å². The molecule has 88 valence electrons. The largest absolute Gasteiger partial charge is 0.397 e. The van der Waals surface area contributed by atoms with Gasteiger partial charge in [0.25, 0.3) is 5.91 Å². The van der Waals surface area contributed by atoms with Gasteiger partial charge in [-0.3, -0.25) is 9.69 Å². The number of aromatic nitrogens is 2. The van der Waals surface area contributed by atoms with Crippen molar-refractivity contribution in [2.75, 3.05) is 17.2 Å². The Balaban J connectivity index is 2.28. The van der Waals surface area contributed by atoms with Crippen molar-refractivity contribution in [1.29, 1.82) is 0 Å². The summed E-state index contributed by atoms with van der Waals surface area (Å²) in [6.45, 7) is 2.46. The minimum atomic E-state index is -0.0778. The topological polar surface area (TPSA) is 75.0 Å². The number of anilines is 2. The maximum Gasteiger partial charge on any atom is 0.260 e. The van der Waals surface area contributed by atoms with E-state index < -0.39 is 0 Å². The number of pyridine rings is 1. The van der Waals surface area contributed by atoms with E-state index >= 15 is 0 Å². The summed E-state index contributed by atoms with van der Waals surface area (Å²) < 4.78 is 0. The predicted octanol–water partition coefficient (Wildman–Crippen LogP) is 1.66. The number of hydrogen-bond donors (Lipinski definition) is 2. The number of nitrogens with zero attached hydrogens (tertiary/aromatic N) is 2. The Morgan fingerprint density at radius 1 is 1.47 bits per heavy atom. The number of nitrogens with two attached hydrogens (primary N) is 1. The van der Waals surface area contributed by atoms with Gasteiger partial charge in [0, 0.05) is 18.9 Å². The molecule has 0 spiro atoms. The van der Waals surface area contributed by atoms with Gasteiger partial charge in [0.15, 0.2) is 0 Å². The van der Waals surface area contributed by atoms with E-state index in [1.807, 2.05) is 6.92 Å². The molecule has 0 saturated heterocycles. The van der Waals surface area contributed by atoms with E-state index in [1.54, 1.807) is 41.7 Å². The van der Waals surface area contributed by atoms with Crippen LogP contribution < -0.4 is 10.6 Å². The number of rotatable bonds is 3. The predicted molar refractivity (Wildman–Crippen MR) is 66.8 cm³/mol. The van der Waals surface area contributed by atoms with Gasteiger partial charge in [-0.2, -0.15) is 0 Å². The third-order valence-electron chi connectivity index (χ3n) is 2.45. The number of H-pyrrole nitrogens is 1. The standard InChI is InChI=1S/C12H14N4O/c1-2-16(11-4-3-10(13)8-15-11)12(17)9-5-6-14-7-9/h3-8,14H,2,13H2,1H3. The number of nitrogen functional groups attached to an aromatic ring is 1. The first kappa shape index (κ1) is 11.2. The highest BCUT2D eigenvalue weighted by atomic mass is 16.2. The Labute approximate surface area is 99.3 Å². The van der Waals surface area contributed by atoms with E-state index in [2.05, 4.69) is 9.97 Å². The molecule has 2 rings (SSSR count). The lowest BCUT2D eigenvalue weighted by Gasteiger charge is -2.19. The highest BCUT2D eigenvalue weighted by Gasteiger charge is 2.16. The molecule has 2 aromatic rings. The second kappa shape index (κ2) is 4.69. The van der Waals surface area contributed by atoms with Crippen LogP contribution in [-0.4, -0.2) is 22.4 Å². The molecule has 5 heteroatoms. The Hall–Kier alpha value is -2.30. The normalized spacial score (nSPS) is 10.2. The maximum atomic E-state index is 12.2. The molecular weight excluding hydrogens is 216 g/mol. The number of hydrogen-bond acceptors (Lipinski definition) is 3. The Morgan fingerprint density at radius 2 is 2.29 bits per heavy atom. The van der Waals surface area contributed by atoms with Crippen LogP contribution in [-0.2, 0) is 0 Å². The third-order valence-corrected chi connectivity index (χ3v) is 2.45. The maximum absolute atomic E-state index is 12.2. The molecule has 2 heterocycles. The molecule has 5 nitrogen and oxygen atoms in total. The van der Waals surface area contributed by atoms with Gasteiger partial charge in [-0.1, -0.05) is 0 Å². The molecule has 3 N–H and O–H groups in total. The van der Waals surface area contributed by atoms with Crippen LogP contribution in [0.3, 0.4) is 0 Å². The van der Waals surface area contributed by atoms with Crippen LogP contribution in [0.15, 0.2) is 36.8 Å². The van der Waals surface area contributed by atoms with E-state index in [0.717, 1.165) is 0 Å². The van der Waals surface area contributed by atoms with Crippen molar-refractivity contribution in [2.45, 2.75) is 6.92 Å². The summed E-state index contributed by atoms with van der Waals surface area (Å²) in [5.41, 5.74) is 6.77. The molecule has 0 fully saturated rings. The Kier molecular flexibility index (Phi) is 3.09. The molecule has 0 saturated carbocycles. The molecule has 0 bridgehead atoms. The van der Waals surface area contributed by atoms with Crippen LogP contribution in [0, 0.1) is 0 Å². The van der Waals surface area contributed by atoms with E-state index in [-0.39, 0.29) is 5.91 Å². The SMILES string of the molecule is CCN(C(=O)c1cc[nH]c1)c1ccc(N)cn1. The van der Waals surface area contributed by atoms with Crippen LogP contribution in [0.25, 0.3) is 0 Å². The fraction of sp³-hybridized carbons (Fsp3) is 0.167. The van der Waals surface area contributed by atoms with E-state index in [9.17, 15) is 4.79 Å². The quantitative estimate of drug-likeness (QED) is 0.842. The number of aromatic amines is 1. The highest BCUT2D eigenvalue weighted by Crippen LogP contribution is 2.15. The van der Waals surface area contributed by atoms with Crippen LogP contribution in [0.5, 0.6) is 0 Å². The van der Waals surface area contributed by atoms with Crippen molar-refractivity contribution in [3.05, 3.63) is 42.4 Å². The number of amides is 1. The first-order chi connectivity index (χ1) is 8.22. The monoisotopic (exact) mass is 230 g/mol. The van der Waals surface area contributed by atoms with Gasteiger partial charge in [-0.05, 0) is 25.1 Å². The molecule has 2 aromatic heterocycles. The molecule has 17 heavy (non-hydrogen) atoms. The van der Waals surface area contributed by atoms with E-state index in [4.69, 9.17) is 5.73 Å². The van der Waals surface area contributed by atoms with Gasteiger partial charge in [0.1, 0.15) is 5.82 Å². The summed E-state index contributed by atoms with van der Waals surface area (Å²) in [5, 5.41) is 0. The minimum absolute atomic E-state index is 0.0778. The molecule has 0 aromatic carbocycles. The summed E-state index contributed by atoms with van der Waals surface area (Å²) in [6.07, 6.45) is 4.93. The lowest BCUT2D eigenvalue weighted by Crippen LogP contribution is -2.31. The van der Waals surface area contributed by atoms with Gasteiger partial charge in [-0.15, -0.1) is 0 Å².